The van der Waals surface area contributed by atoms with Crippen LogP contribution in [0.15, 0.2) is 0 Å². The first-order chi connectivity index (χ1) is 10.5. The fraction of sp³-hybridized carbons (Fsp3) is 0.952. The monoisotopic (exact) mass is 302 g/mol. The van der Waals surface area contributed by atoms with Gasteiger partial charge in [-0.25, -0.2) is 0 Å². The van der Waals surface area contributed by atoms with E-state index in [2.05, 4.69) is 20.8 Å². The van der Waals surface area contributed by atoms with E-state index in [1.807, 2.05) is 0 Å². The molecule has 0 heterocycles. The lowest BCUT2D eigenvalue weighted by Crippen LogP contribution is -2.56. The molecular weight excluding hydrogens is 268 g/mol. The minimum absolute atomic E-state index is 0.338. The van der Waals surface area contributed by atoms with Gasteiger partial charge in [0, 0.05) is 12.3 Å². The fourth-order valence-corrected chi connectivity index (χ4v) is 7.88. The van der Waals surface area contributed by atoms with Crippen LogP contribution in [0.5, 0.6) is 0 Å². The minimum atomic E-state index is 0.338. The third-order valence-electron chi connectivity index (χ3n) is 8.96. The lowest BCUT2D eigenvalue weighted by Gasteiger charge is -2.59. The van der Waals surface area contributed by atoms with E-state index in [1.165, 1.54) is 57.8 Å². The average Bonchev–Trinajstić information content (AvgIpc) is 2.82. The Balaban J connectivity index is 1.69. The molecule has 4 aliphatic carbocycles. The van der Waals surface area contributed by atoms with Crippen LogP contribution in [0.3, 0.4) is 0 Å². The molecule has 0 aliphatic heterocycles. The number of rotatable bonds is 1. The Kier molecular flexibility index (Phi) is 3.51. The van der Waals surface area contributed by atoms with Gasteiger partial charge in [-0.3, -0.25) is 4.79 Å². The van der Waals surface area contributed by atoms with Crippen LogP contribution in [0.1, 0.15) is 85.0 Å². The lowest BCUT2D eigenvalue weighted by atomic mass is 9.44. The van der Waals surface area contributed by atoms with E-state index >= 15 is 0 Å². The summed E-state index contributed by atoms with van der Waals surface area (Å²) in [6.07, 6.45) is 13.2. The van der Waals surface area contributed by atoms with E-state index < -0.39 is 0 Å². The van der Waals surface area contributed by atoms with Gasteiger partial charge >= 0.3 is 0 Å². The second-order valence-corrected chi connectivity index (χ2v) is 9.61. The molecule has 0 saturated heterocycles. The summed E-state index contributed by atoms with van der Waals surface area (Å²) in [5.74, 6) is 4.30. The Morgan fingerprint density at radius 3 is 2.59 bits per heavy atom. The summed E-state index contributed by atoms with van der Waals surface area (Å²) in [5, 5.41) is 0. The summed E-state index contributed by atoms with van der Waals surface area (Å²) in [6.45, 7) is 7.32. The quantitative estimate of drug-likeness (QED) is 0.614. The lowest BCUT2D eigenvalue weighted by molar-refractivity contribution is -0.157. The highest BCUT2D eigenvalue weighted by Crippen LogP contribution is 2.66. The highest BCUT2D eigenvalue weighted by molar-refractivity contribution is 5.84. The molecule has 0 bridgehead atoms. The third-order valence-corrected chi connectivity index (χ3v) is 8.96. The number of hydrogen-bond donors (Lipinski definition) is 0. The number of carbonyl (C=O) groups excluding carboxylic acids is 1. The van der Waals surface area contributed by atoms with Crippen molar-refractivity contribution in [3.63, 3.8) is 0 Å². The van der Waals surface area contributed by atoms with E-state index in [4.69, 9.17) is 0 Å². The van der Waals surface area contributed by atoms with Crippen molar-refractivity contribution in [2.24, 2.45) is 40.4 Å². The van der Waals surface area contributed by atoms with Gasteiger partial charge in [-0.15, -0.1) is 0 Å². The fourth-order valence-electron chi connectivity index (χ4n) is 7.88. The van der Waals surface area contributed by atoms with Crippen LogP contribution in [0.4, 0.5) is 0 Å². The topological polar surface area (TPSA) is 17.1 Å². The molecule has 0 aromatic rings. The minimum Gasteiger partial charge on any atom is -0.299 e. The molecule has 1 heteroatoms. The molecule has 7 atom stereocenters. The first kappa shape index (κ1) is 15.2. The van der Waals surface area contributed by atoms with Crippen molar-refractivity contribution in [1.29, 1.82) is 0 Å². The largest absolute Gasteiger partial charge is 0.299 e. The molecule has 0 unspecified atom stereocenters. The van der Waals surface area contributed by atoms with Gasteiger partial charge in [-0.05, 0) is 73.0 Å². The molecule has 0 N–H and O–H groups in total. The summed E-state index contributed by atoms with van der Waals surface area (Å²) in [7, 11) is 0. The molecule has 4 aliphatic rings. The van der Waals surface area contributed by atoms with E-state index in [0.29, 0.717) is 22.5 Å². The molecule has 0 aromatic carbocycles. The Bertz CT molecular complexity index is 469. The second-order valence-electron chi connectivity index (χ2n) is 9.61. The highest BCUT2D eigenvalue weighted by Gasteiger charge is 2.62. The predicted molar refractivity (Wildman–Crippen MR) is 90.5 cm³/mol. The molecule has 0 radical (unpaired) electrons. The van der Waals surface area contributed by atoms with Crippen molar-refractivity contribution < 1.29 is 4.79 Å². The first-order valence-electron chi connectivity index (χ1n) is 10.0. The second kappa shape index (κ2) is 5.08. The maximum Gasteiger partial charge on any atom is 0.137 e. The summed E-state index contributed by atoms with van der Waals surface area (Å²) in [6, 6.07) is 0. The maximum atomic E-state index is 13.3. The van der Waals surface area contributed by atoms with Gasteiger partial charge in [0.05, 0.1) is 0 Å². The van der Waals surface area contributed by atoms with Crippen molar-refractivity contribution in [3.05, 3.63) is 0 Å². The molecule has 1 nitrogen and oxygen atoms in total. The normalized spacial score (nSPS) is 54.5. The van der Waals surface area contributed by atoms with Crippen LogP contribution in [-0.4, -0.2) is 5.78 Å². The van der Waals surface area contributed by atoms with Crippen molar-refractivity contribution in [2.45, 2.75) is 85.0 Å². The van der Waals surface area contributed by atoms with Crippen LogP contribution in [0.2, 0.25) is 0 Å². The Morgan fingerprint density at radius 1 is 1.00 bits per heavy atom. The van der Waals surface area contributed by atoms with Gasteiger partial charge < -0.3 is 0 Å². The molecular formula is C21H34O. The van der Waals surface area contributed by atoms with Gasteiger partial charge in [-0.2, -0.15) is 0 Å². The molecule has 0 amide bonds. The van der Waals surface area contributed by atoms with Crippen LogP contribution in [0.25, 0.3) is 0 Å². The zero-order valence-corrected chi connectivity index (χ0v) is 14.9. The summed E-state index contributed by atoms with van der Waals surface area (Å²) in [4.78, 5) is 13.3. The molecule has 124 valence electrons. The van der Waals surface area contributed by atoms with E-state index in [1.54, 1.807) is 0 Å². The van der Waals surface area contributed by atoms with E-state index in [9.17, 15) is 4.79 Å². The zero-order valence-electron chi connectivity index (χ0n) is 14.9. The van der Waals surface area contributed by atoms with Crippen LogP contribution < -0.4 is 0 Å². The van der Waals surface area contributed by atoms with Crippen LogP contribution >= 0.6 is 0 Å². The average molecular weight is 303 g/mol. The van der Waals surface area contributed by atoms with Crippen molar-refractivity contribution in [2.75, 3.05) is 0 Å². The van der Waals surface area contributed by atoms with Gasteiger partial charge in [0.2, 0.25) is 0 Å². The number of ketones is 1. The molecule has 4 rings (SSSR count). The summed E-state index contributed by atoms with van der Waals surface area (Å²) >= 11 is 0. The van der Waals surface area contributed by atoms with Gasteiger partial charge in [0.1, 0.15) is 5.78 Å². The number of hydrogen-bond acceptors (Lipinski definition) is 1. The molecule has 4 saturated carbocycles. The number of fused-ring (bicyclic) bond motifs is 5. The number of Topliss-reactive ketones (excluding diaryl/α,β-unsaturated/α-hetero) is 1. The number of carbonyl (C=O) groups is 1. The molecule has 4 fully saturated rings. The SMILES string of the molecule is CC[C@@H]1CC[C@@H]2[C@@H]3CC[C@H]4CCCC[C@]4(C)[C@@H]3C(=O)C[C@@]12C. The van der Waals surface area contributed by atoms with Gasteiger partial charge in [0.25, 0.3) is 0 Å². The molecule has 0 spiro atoms. The van der Waals surface area contributed by atoms with Crippen molar-refractivity contribution >= 4 is 5.78 Å². The third kappa shape index (κ3) is 1.86. The molecule has 0 aromatic heterocycles. The van der Waals surface area contributed by atoms with Crippen molar-refractivity contribution in [1.82, 2.24) is 0 Å². The standard InChI is InChI=1S/C21H34O/c1-4-14-9-11-17-16-10-8-15-7-5-6-12-20(15,2)19(16)18(22)13-21(14,17)3/h14-17,19H,4-13H2,1-3H3/t14-,15-,16+,17-,19+,20+,21+/m1/s1. The van der Waals surface area contributed by atoms with E-state index in [0.717, 1.165) is 30.1 Å². The Hall–Kier alpha value is -0.330. The predicted octanol–water partition coefficient (Wildman–Crippen LogP) is 5.62. The smallest absolute Gasteiger partial charge is 0.137 e. The van der Waals surface area contributed by atoms with Crippen LogP contribution in [-0.2, 0) is 4.79 Å². The summed E-state index contributed by atoms with van der Waals surface area (Å²) < 4.78 is 0. The Labute approximate surface area is 136 Å². The van der Waals surface area contributed by atoms with Crippen LogP contribution in [0, 0.1) is 40.4 Å². The first-order valence-corrected chi connectivity index (χ1v) is 10.0. The highest BCUT2D eigenvalue weighted by atomic mass is 16.1. The van der Waals surface area contributed by atoms with Crippen molar-refractivity contribution in [3.8, 4) is 0 Å². The maximum absolute atomic E-state index is 13.3. The molecule has 22 heavy (non-hydrogen) atoms. The van der Waals surface area contributed by atoms with E-state index in [-0.39, 0.29) is 0 Å². The van der Waals surface area contributed by atoms with Gasteiger partial charge in [-0.1, -0.05) is 40.0 Å². The summed E-state index contributed by atoms with van der Waals surface area (Å²) in [5.41, 5.74) is 0.689. The van der Waals surface area contributed by atoms with Gasteiger partial charge in [0.15, 0.2) is 0 Å². The zero-order chi connectivity index (χ0) is 15.5. The Morgan fingerprint density at radius 2 is 1.82 bits per heavy atom.